The molecule has 1 aliphatic heterocycles. The highest BCUT2D eigenvalue weighted by Crippen LogP contribution is 2.25. The van der Waals surface area contributed by atoms with Crippen LogP contribution in [0.3, 0.4) is 0 Å². The maximum Gasteiger partial charge on any atom is 0.185 e. The molecule has 1 aromatic rings. The molecule has 2 rings (SSSR count). The number of nitrogens with zero attached hydrogens (tertiary/aromatic N) is 2. The molecule has 4 heteroatoms. The van der Waals surface area contributed by atoms with E-state index in [4.69, 9.17) is 5.11 Å². The number of rotatable bonds is 2. The molecule has 14 heavy (non-hydrogen) atoms. The third kappa shape index (κ3) is 1.96. The molecule has 0 bridgehead atoms. The molecular formula is C10H14N2OS. The van der Waals surface area contributed by atoms with E-state index in [0.717, 1.165) is 29.5 Å². The zero-order chi connectivity index (χ0) is 9.97. The Morgan fingerprint density at radius 2 is 2.50 bits per heavy atom. The largest absolute Gasteiger partial charge is 0.391 e. The van der Waals surface area contributed by atoms with E-state index in [9.17, 15) is 0 Å². The Hall–Kier alpha value is -0.870. The lowest BCUT2D eigenvalue weighted by atomic mass is 10.1. The van der Waals surface area contributed by atoms with Crippen LogP contribution in [0.2, 0.25) is 0 Å². The van der Waals surface area contributed by atoms with Gasteiger partial charge in [-0.15, -0.1) is 0 Å². The first-order valence-corrected chi connectivity index (χ1v) is 5.57. The highest BCUT2D eigenvalue weighted by molar-refractivity contribution is 7.15. The molecule has 2 heterocycles. The molecule has 0 spiro atoms. The van der Waals surface area contributed by atoms with E-state index in [0.29, 0.717) is 0 Å². The van der Waals surface area contributed by atoms with Crippen molar-refractivity contribution >= 4 is 16.5 Å². The highest BCUT2D eigenvalue weighted by Gasteiger charge is 2.13. The fraction of sp³-hybridized carbons (Fsp3) is 0.500. The molecule has 0 fully saturated rings. The summed E-state index contributed by atoms with van der Waals surface area (Å²) in [6.07, 6.45) is 5.13. The monoisotopic (exact) mass is 210 g/mol. The van der Waals surface area contributed by atoms with Crippen LogP contribution in [0.5, 0.6) is 0 Å². The number of thiazole rings is 1. The Balaban J connectivity index is 2.11. The first kappa shape index (κ1) is 9.68. The van der Waals surface area contributed by atoms with Crippen molar-refractivity contribution in [2.75, 3.05) is 18.0 Å². The Morgan fingerprint density at radius 1 is 1.64 bits per heavy atom. The quantitative estimate of drug-likeness (QED) is 0.756. The summed E-state index contributed by atoms with van der Waals surface area (Å²) in [6, 6.07) is 0. The molecule has 0 aliphatic carbocycles. The molecular weight excluding hydrogens is 196 g/mol. The average Bonchev–Trinajstić information content (AvgIpc) is 2.66. The first-order chi connectivity index (χ1) is 6.79. The molecule has 0 atom stereocenters. The van der Waals surface area contributed by atoms with Gasteiger partial charge in [-0.3, -0.25) is 0 Å². The molecule has 76 valence electrons. The maximum absolute atomic E-state index is 8.94. The van der Waals surface area contributed by atoms with Crippen LogP contribution in [0, 0.1) is 0 Å². The summed E-state index contributed by atoms with van der Waals surface area (Å²) >= 11 is 1.58. The zero-order valence-electron chi connectivity index (χ0n) is 8.23. The van der Waals surface area contributed by atoms with Crippen LogP contribution < -0.4 is 4.90 Å². The minimum atomic E-state index is 0.0975. The van der Waals surface area contributed by atoms with E-state index < -0.39 is 0 Å². The summed E-state index contributed by atoms with van der Waals surface area (Å²) in [7, 11) is 0. The molecule has 1 aromatic heterocycles. The van der Waals surface area contributed by atoms with Gasteiger partial charge in [0.05, 0.1) is 11.5 Å². The SMILES string of the molecule is CC1=CCCN(c2ncc(CO)s2)C1. The lowest BCUT2D eigenvalue weighted by Gasteiger charge is -2.25. The lowest BCUT2D eigenvalue weighted by Crippen LogP contribution is -2.28. The standard InChI is InChI=1S/C10H14N2OS/c1-8-3-2-4-12(6-8)10-11-5-9(7-13)14-10/h3,5,13H,2,4,6-7H2,1H3. The number of aliphatic hydroxyl groups excluding tert-OH is 1. The van der Waals surface area contributed by atoms with E-state index >= 15 is 0 Å². The van der Waals surface area contributed by atoms with Crippen LogP contribution >= 0.6 is 11.3 Å². The van der Waals surface area contributed by atoms with Crippen LogP contribution in [0.25, 0.3) is 0 Å². The van der Waals surface area contributed by atoms with Crippen molar-refractivity contribution in [2.24, 2.45) is 0 Å². The van der Waals surface area contributed by atoms with Gasteiger partial charge in [-0.25, -0.2) is 4.98 Å². The summed E-state index contributed by atoms with van der Waals surface area (Å²) in [4.78, 5) is 7.50. The van der Waals surface area contributed by atoms with Crippen molar-refractivity contribution in [1.82, 2.24) is 4.98 Å². The van der Waals surface area contributed by atoms with E-state index in [-0.39, 0.29) is 6.61 Å². The summed E-state index contributed by atoms with van der Waals surface area (Å²) in [5, 5.41) is 9.97. The second-order valence-electron chi connectivity index (χ2n) is 3.53. The van der Waals surface area contributed by atoms with E-state index in [2.05, 4.69) is 22.9 Å². The van der Waals surface area contributed by atoms with Crippen molar-refractivity contribution in [1.29, 1.82) is 0 Å². The minimum Gasteiger partial charge on any atom is -0.391 e. The molecule has 3 nitrogen and oxygen atoms in total. The summed E-state index contributed by atoms with van der Waals surface area (Å²) in [5.74, 6) is 0. The Bertz CT molecular complexity index is 346. The van der Waals surface area contributed by atoms with Gasteiger partial charge in [0, 0.05) is 19.3 Å². The summed E-state index contributed by atoms with van der Waals surface area (Å²) in [5.41, 5.74) is 1.40. The van der Waals surface area contributed by atoms with Crippen molar-refractivity contribution in [2.45, 2.75) is 20.0 Å². The fourth-order valence-electron chi connectivity index (χ4n) is 1.59. The first-order valence-electron chi connectivity index (χ1n) is 4.76. The molecule has 0 saturated heterocycles. The Labute approximate surface area is 87.7 Å². The van der Waals surface area contributed by atoms with E-state index in [1.807, 2.05) is 0 Å². The summed E-state index contributed by atoms with van der Waals surface area (Å²) < 4.78 is 0. The van der Waals surface area contributed by atoms with Crippen LogP contribution in [0.1, 0.15) is 18.2 Å². The summed E-state index contributed by atoms with van der Waals surface area (Å²) in [6.45, 7) is 4.25. The van der Waals surface area contributed by atoms with Crippen LogP contribution in [0.15, 0.2) is 17.8 Å². The van der Waals surface area contributed by atoms with Gasteiger partial charge < -0.3 is 10.0 Å². The Kier molecular flexibility index (Phi) is 2.84. The van der Waals surface area contributed by atoms with Gasteiger partial charge in [-0.2, -0.15) is 0 Å². The van der Waals surface area contributed by atoms with Gasteiger partial charge in [-0.1, -0.05) is 23.0 Å². The third-order valence-electron chi connectivity index (χ3n) is 2.30. The normalized spacial score (nSPS) is 17.0. The van der Waals surface area contributed by atoms with Gasteiger partial charge in [0.1, 0.15) is 0 Å². The van der Waals surface area contributed by atoms with Crippen LogP contribution in [0.4, 0.5) is 5.13 Å². The van der Waals surface area contributed by atoms with E-state index in [1.54, 1.807) is 17.5 Å². The van der Waals surface area contributed by atoms with Gasteiger partial charge in [-0.05, 0) is 13.3 Å². The molecule has 0 radical (unpaired) electrons. The Morgan fingerprint density at radius 3 is 3.14 bits per heavy atom. The topological polar surface area (TPSA) is 36.4 Å². The molecule has 1 aliphatic rings. The van der Waals surface area contributed by atoms with Crippen LogP contribution in [-0.2, 0) is 6.61 Å². The highest BCUT2D eigenvalue weighted by atomic mass is 32.1. The van der Waals surface area contributed by atoms with Gasteiger partial charge in [0.25, 0.3) is 0 Å². The number of aliphatic hydroxyl groups is 1. The molecule has 0 amide bonds. The minimum absolute atomic E-state index is 0.0975. The number of aromatic nitrogens is 1. The fourth-order valence-corrected chi connectivity index (χ4v) is 2.39. The maximum atomic E-state index is 8.94. The lowest BCUT2D eigenvalue weighted by molar-refractivity contribution is 0.285. The van der Waals surface area contributed by atoms with Crippen molar-refractivity contribution in [3.8, 4) is 0 Å². The smallest absolute Gasteiger partial charge is 0.185 e. The predicted octanol–water partition coefficient (Wildman–Crippen LogP) is 1.79. The molecule has 1 N–H and O–H groups in total. The average molecular weight is 210 g/mol. The van der Waals surface area contributed by atoms with Crippen molar-refractivity contribution < 1.29 is 5.11 Å². The number of hydrogen-bond acceptors (Lipinski definition) is 4. The second-order valence-corrected chi connectivity index (χ2v) is 4.62. The molecule has 0 saturated carbocycles. The number of anilines is 1. The van der Waals surface area contributed by atoms with Crippen molar-refractivity contribution in [3.63, 3.8) is 0 Å². The second kappa shape index (κ2) is 4.11. The van der Waals surface area contributed by atoms with Gasteiger partial charge in [0.15, 0.2) is 5.13 Å². The molecule has 0 unspecified atom stereocenters. The molecule has 0 aromatic carbocycles. The van der Waals surface area contributed by atoms with Gasteiger partial charge in [0.2, 0.25) is 0 Å². The third-order valence-corrected chi connectivity index (χ3v) is 3.34. The van der Waals surface area contributed by atoms with Crippen LogP contribution in [-0.4, -0.2) is 23.2 Å². The number of hydrogen-bond donors (Lipinski definition) is 1. The zero-order valence-corrected chi connectivity index (χ0v) is 9.05. The van der Waals surface area contributed by atoms with Crippen molar-refractivity contribution in [3.05, 3.63) is 22.7 Å². The predicted molar refractivity (Wildman–Crippen MR) is 58.6 cm³/mol. The van der Waals surface area contributed by atoms with Gasteiger partial charge >= 0.3 is 0 Å². The van der Waals surface area contributed by atoms with E-state index in [1.165, 1.54) is 5.57 Å².